The molecule has 2 rings (SSSR count). The van der Waals surface area contributed by atoms with E-state index in [9.17, 15) is 0 Å². The topological polar surface area (TPSA) is 46.1 Å². The average Bonchev–Trinajstić information content (AvgIpc) is 2.63. The minimum Gasteiger partial charge on any atom is -0.492 e. The smallest absolute Gasteiger partial charge is 0.193 e. The van der Waals surface area contributed by atoms with Gasteiger partial charge in [0.05, 0.1) is 12.6 Å². The molecule has 0 aliphatic carbocycles. The van der Waals surface area contributed by atoms with Crippen molar-refractivity contribution in [3.63, 3.8) is 0 Å². The summed E-state index contributed by atoms with van der Waals surface area (Å²) < 4.78 is 11.6. The van der Waals surface area contributed by atoms with Crippen LogP contribution in [-0.2, 0) is 10.2 Å². The number of rotatable bonds is 6. The van der Waals surface area contributed by atoms with Crippen LogP contribution in [0.3, 0.4) is 0 Å². The maximum Gasteiger partial charge on any atom is 0.193 e. The molecule has 0 saturated carbocycles. The van der Waals surface area contributed by atoms with E-state index < -0.39 is 0 Å². The number of halogens is 1. The Morgan fingerprint density at radius 2 is 1.96 bits per heavy atom. The fourth-order valence-electron chi connectivity index (χ4n) is 3.19. The van der Waals surface area contributed by atoms with E-state index in [1.54, 1.807) is 0 Å². The van der Waals surface area contributed by atoms with E-state index in [2.05, 4.69) is 61.1 Å². The van der Waals surface area contributed by atoms with Gasteiger partial charge in [0.25, 0.3) is 0 Å². The van der Waals surface area contributed by atoms with Gasteiger partial charge in [-0.05, 0) is 42.9 Å². The lowest BCUT2D eigenvalue weighted by atomic mass is 9.87. The molecule has 1 aromatic rings. The van der Waals surface area contributed by atoms with Crippen molar-refractivity contribution in [3.8, 4) is 5.75 Å². The van der Waals surface area contributed by atoms with Crippen molar-refractivity contribution in [2.75, 3.05) is 39.9 Å². The highest BCUT2D eigenvalue weighted by atomic mass is 127. The summed E-state index contributed by atoms with van der Waals surface area (Å²) >= 11 is 0. The van der Waals surface area contributed by atoms with Gasteiger partial charge in [0, 0.05) is 26.7 Å². The minimum atomic E-state index is 0. The van der Waals surface area contributed by atoms with Gasteiger partial charge in [-0.1, -0.05) is 32.9 Å². The molecule has 1 N–H and O–H groups in total. The summed E-state index contributed by atoms with van der Waals surface area (Å²) in [6.45, 7) is 12.8. The van der Waals surface area contributed by atoms with Gasteiger partial charge in [0.1, 0.15) is 12.4 Å². The number of nitrogens with zero attached hydrogens (tertiary/aromatic N) is 2. The van der Waals surface area contributed by atoms with Gasteiger partial charge in [0.2, 0.25) is 0 Å². The zero-order chi connectivity index (χ0) is 19.0. The van der Waals surface area contributed by atoms with Gasteiger partial charge in [-0.25, -0.2) is 0 Å². The van der Waals surface area contributed by atoms with Crippen LogP contribution in [0.1, 0.15) is 46.1 Å². The highest BCUT2D eigenvalue weighted by Crippen LogP contribution is 2.25. The predicted molar refractivity (Wildman–Crippen MR) is 124 cm³/mol. The second-order valence-electron chi connectivity index (χ2n) is 7.74. The summed E-state index contributed by atoms with van der Waals surface area (Å²) in [7, 11) is 1.84. The Hall–Kier alpha value is -1.02. The number of aliphatic imine (C=N–C) groups is 1. The second kappa shape index (κ2) is 11.7. The van der Waals surface area contributed by atoms with Crippen molar-refractivity contribution in [2.45, 2.75) is 52.1 Å². The molecule has 1 aromatic carbocycles. The van der Waals surface area contributed by atoms with E-state index in [1.165, 1.54) is 5.56 Å². The fraction of sp³-hybridized carbons (Fsp3) is 0.667. The first kappa shape index (κ1) is 24.0. The van der Waals surface area contributed by atoms with Crippen LogP contribution in [-0.4, -0.2) is 56.9 Å². The van der Waals surface area contributed by atoms with Crippen LogP contribution in [0.15, 0.2) is 29.3 Å². The van der Waals surface area contributed by atoms with Crippen molar-refractivity contribution in [2.24, 2.45) is 4.99 Å². The molecule has 0 atom stereocenters. The Balaban J connectivity index is 0.00000364. The lowest BCUT2D eigenvalue weighted by molar-refractivity contribution is 0.0263. The number of hydrogen-bond donors (Lipinski definition) is 1. The first-order valence-electron chi connectivity index (χ1n) is 9.74. The normalized spacial score (nSPS) is 16.0. The summed E-state index contributed by atoms with van der Waals surface area (Å²) in [5.41, 5.74) is 1.42. The van der Waals surface area contributed by atoms with Crippen LogP contribution in [0.5, 0.6) is 5.75 Å². The summed E-state index contributed by atoms with van der Waals surface area (Å²) in [6, 6.07) is 8.36. The quantitative estimate of drug-likeness (QED) is 0.284. The van der Waals surface area contributed by atoms with E-state index in [1.807, 2.05) is 13.1 Å². The first-order valence-corrected chi connectivity index (χ1v) is 9.74. The molecule has 6 heteroatoms. The standard InChI is InChI=1S/C21H35N3O2.HI/c1-6-25-18-10-13-24(14-11-18)20(22-5)23-12-15-26-19-9-7-8-17(16-19)21(2,3)4;/h7-9,16,18H,6,10-15H2,1-5H3,(H,22,23);1H. The van der Waals surface area contributed by atoms with Crippen molar-refractivity contribution in [1.82, 2.24) is 10.2 Å². The van der Waals surface area contributed by atoms with E-state index in [0.717, 1.165) is 50.8 Å². The highest BCUT2D eigenvalue weighted by Gasteiger charge is 2.21. The minimum absolute atomic E-state index is 0. The largest absolute Gasteiger partial charge is 0.492 e. The van der Waals surface area contributed by atoms with Crippen molar-refractivity contribution >= 4 is 29.9 Å². The van der Waals surface area contributed by atoms with E-state index in [-0.39, 0.29) is 29.4 Å². The average molecular weight is 489 g/mol. The van der Waals surface area contributed by atoms with Gasteiger partial charge < -0.3 is 19.7 Å². The van der Waals surface area contributed by atoms with Gasteiger partial charge >= 0.3 is 0 Å². The third-order valence-electron chi connectivity index (χ3n) is 4.71. The lowest BCUT2D eigenvalue weighted by Gasteiger charge is -2.34. The summed E-state index contributed by atoms with van der Waals surface area (Å²) in [5, 5.41) is 3.41. The molecule has 27 heavy (non-hydrogen) atoms. The fourth-order valence-corrected chi connectivity index (χ4v) is 3.19. The lowest BCUT2D eigenvalue weighted by Crippen LogP contribution is -2.47. The Labute approximate surface area is 181 Å². The molecule has 1 fully saturated rings. The number of nitrogens with one attached hydrogen (secondary N) is 1. The summed E-state index contributed by atoms with van der Waals surface area (Å²) in [5.74, 6) is 1.87. The molecule has 0 radical (unpaired) electrons. The SMILES string of the molecule is CCOC1CCN(C(=NC)NCCOc2cccc(C(C)(C)C)c2)CC1.I. The number of piperidine rings is 1. The molecular formula is C21H36IN3O2. The molecule has 0 spiro atoms. The highest BCUT2D eigenvalue weighted by molar-refractivity contribution is 14.0. The molecular weight excluding hydrogens is 453 g/mol. The van der Waals surface area contributed by atoms with Crippen LogP contribution in [0, 0.1) is 0 Å². The third kappa shape index (κ3) is 7.86. The molecule has 1 aliphatic rings. The molecule has 0 unspecified atom stereocenters. The molecule has 0 bridgehead atoms. The van der Waals surface area contributed by atoms with Crippen LogP contribution < -0.4 is 10.1 Å². The van der Waals surface area contributed by atoms with E-state index in [0.29, 0.717) is 12.7 Å². The van der Waals surface area contributed by atoms with Gasteiger partial charge in [-0.15, -0.1) is 24.0 Å². The van der Waals surface area contributed by atoms with Gasteiger partial charge in [-0.3, -0.25) is 4.99 Å². The maximum absolute atomic E-state index is 5.92. The maximum atomic E-state index is 5.92. The van der Waals surface area contributed by atoms with Crippen LogP contribution in [0.4, 0.5) is 0 Å². The number of hydrogen-bond acceptors (Lipinski definition) is 3. The zero-order valence-electron chi connectivity index (χ0n) is 17.5. The van der Waals surface area contributed by atoms with Crippen LogP contribution in [0.25, 0.3) is 0 Å². The Kier molecular flexibility index (Phi) is 10.4. The summed E-state index contributed by atoms with van der Waals surface area (Å²) in [4.78, 5) is 6.71. The van der Waals surface area contributed by atoms with Gasteiger partial charge in [-0.2, -0.15) is 0 Å². The molecule has 1 heterocycles. The Morgan fingerprint density at radius 1 is 1.26 bits per heavy atom. The zero-order valence-corrected chi connectivity index (χ0v) is 19.8. The molecule has 154 valence electrons. The molecule has 1 saturated heterocycles. The number of benzene rings is 1. The van der Waals surface area contributed by atoms with Crippen molar-refractivity contribution < 1.29 is 9.47 Å². The predicted octanol–water partition coefficient (Wildman–Crippen LogP) is 4.06. The van der Waals surface area contributed by atoms with Crippen molar-refractivity contribution in [1.29, 1.82) is 0 Å². The molecule has 5 nitrogen and oxygen atoms in total. The summed E-state index contributed by atoms with van der Waals surface area (Å²) in [6.07, 6.45) is 2.52. The second-order valence-corrected chi connectivity index (χ2v) is 7.74. The van der Waals surface area contributed by atoms with Gasteiger partial charge in [0.15, 0.2) is 5.96 Å². The van der Waals surface area contributed by atoms with Crippen molar-refractivity contribution in [3.05, 3.63) is 29.8 Å². The molecule has 0 aromatic heterocycles. The third-order valence-corrected chi connectivity index (χ3v) is 4.71. The number of ether oxygens (including phenoxy) is 2. The molecule has 1 aliphatic heterocycles. The number of guanidine groups is 1. The molecule has 0 amide bonds. The number of likely N-dealkylation sites (tertiary alicyclic amines) is 1. The first-order chi connectivity index (χ1) is 12.4. The Bertz CT molecular complexity index is 579. The van der Waals surface area contributed by atoms with Crippen LogP contribution in [0.2, 0.25) is 0 Å². The van der Waals surface area contributed by atoms with E-state index >= 15 is 0 Å². The van der Waals surface area contributed by atoms with Crippen LogP contribution >= 0.6 is 24.0 Å². The Morgan fingerprint density at radius 3 is 2.56 bits per heavy atom. The van der Waals surface area contributed by atoms with E-state index in [4.69, 9.17) is 9.47 Å². The monoisotopic (exact) mass is 489 g/mol.